The minimum atomic E-state index is 0.283. The molecule has 1 saturated carbocycles. The van der Waals surface area contributed by atoms with E-state index in [1.807, 2.05) is 0 Å². The van der Waals surface area contributed by atoms with Crippen LogP contribution in [0.1, 0.15) is 56.6 Å². The summed E-state index contributed by atoms with van der Waals surface area (Å²) in [6.07, 6.45) is 10.2. The highest BCUT2D eigenvalue weighted by Gasteiger charge is 2.44. The van der Waals surface area contributed by atoms with Gasteiger partial charge >= 0.3 is 0 Å². The summed E-state index contributed by atoms with van der Waals surface area (Å²) in [4.78, 5) is 2.73. The van der Waals surface area contributed by atoms with Crippen LogP contribution in [0.4, 0.5) is 0 Å². The van der Waals surface area contributed by atoms with Gasteiger partial charge in [-0.3, -0.25) is 4.90 Å². The first-order valence-electron chi connectivity index (χ1n) is 8.83. The summed E-state index contributed by atoms with van der Waals surface area (Å²) in [5.74, 6) is 0. The number of likely N-dealkylation sites (tertiary alicyclic amines) is 1. The first-order chi connectivity index (χ1) is 10.2. The minimum Gasteiger partial charge on any atom is -0.326 e. The van der Waals surface area contributed by atoms with Crippen LogP contribution in [0.5, 0.6) is 0 Å². The molecule has 2 heteroatoms. The van der Waals surface area contributed by atoms with E-state index < -0.39 is 0 Å². The molecule has 0 amide bonds. The Kier molecular flexibility index (Phi) is 4.66. The van der Waals surface area contributed by atoms with E-state index in [0.29, 0.717) is 5.54 Å². The van der Waals surface area contributed by atoms with Crippen LogP contribution >= 0.6 is 0 Å². The van der Waals surface area contributed by atoms with Gasteiger partial charge in [0.15, 0.2) is 0 Å². The van der Waals surface area contributed by atoms with Gasteiger partial charge in [-0.1, -0.05) is 44.0 Å². The smallest absolute Gasteiger partial charge is 0.0363 e. The van der Waals surface area contributed by atoms with Gasteiger partial charge in [0.25, 0.3) is 0 Å². The molecule has 1 heterocycles. The normalized spacial score (nSPS) is 23.5. The SMILES string of the molecule is CCc1ccc(CC(N)C2(N3CCCC3)CCCC2)cc1. The predicted molar refractivity (Wildman–Crippen MR) is 89.5 cm³/mol. The van der Waals surface area contributed by atoms with Gasteiger partial charge in [-0.05, 0) is 62.7 Å². The van der Waals surface area contributed by atoms with Crippen molar-refractivity contribution in [2.45, 2.75) is 69.9 Å². The van der Waals surface area contributed by atoms with Crippen LogP contribution in [0.25, 0.3) is 0 Å². The monoisotopic (exact) mass is 286 g/mol. The number of rotatable bonds is 5. The Labute approximate surface area is 129 Å². The second-order valence-corrected chi connectivity index (χ2v) is 6.99. The van der Waals surface area contributed by atoms with Gasteiger partial charge < -0.3 is 5.73 Å². The third kappa shape index (κ3) is 3.02. The lowest BCUT2D eigenvalue weighted by Crippen LogP contribution is -2.58. The van der Waals surface area contributed by atoms with Crippen LogP contribution in [-0.2, 0) is 12.8 Å². The second-order valence-electron chi connectivity index (χ2n) is 6.99. The highest BCUT2D eigenvalue weighted by atomic mass is 15.2. The van der Waals surface area contributed by atoms with Gasteiger partial charge in [0.05, 0.1) is 0 Å². The summed E-state index contributed by atoms with van der Waals surface area (Å²) in [6.45, 7) is 4.74. The molecule has 2 nitrogen and oxygen atoms in total. The van der Waals surface area contributed by atoms with Crippen molar-refractivity contribution in [1.82, 2.24) is 4.90 Å². The molecular weight excluding hydrogens is 256 g/mol. The molecule has 0 aromatic heterocycles. The molecule has 116 valence electrons. The van der Waals surface area contributed by atoms with E-state index in [0.717, 1.165) is 12.8 Å². The molecule has 3 rings (SSSR count). The molecule has 2 N–H and O–H groups in total. The molecule has 0 spiro atoms. The maximum Gasteiger partial charge on any atom is 0.0363 e. The molecule has 1 unspecified atom stereocenters. The summed E-state index contributed by atoms with van der Waals surface area (Å²) in [7, 11) is 0. The van der Waals surface area contributed by atoms with Crippen molar-refractivity contribution >= 4 is 0 Å². The molecule has 1 aliphatic heterocycles. The Hall–Kier alpha value is -0.860. The number of hydrogen-bond acceptors (Lipinski definition) is 2. The van der Waals surface area contributed by atoms with E-state index >= 15 is 0 Å². The third-order valence-corrected chi connectivity index (χ3v) is 5.78. The first kappa shape index (κ1) is 15.1. The van der Waals surface area contributed by atoms with Crippen molar-refractivity contribution in [3.63, 3.8) is 0 Å². The molecule has 21 heavy (non-hydrogen) atoms. The molecule has 0 radical (unpaired) electrons. The fourth-order valence-electron chi connectivity index (χ4n) is 4.43. The van der Waals surface area contributed by atoms with Crippen LogP contribution < -0.4 is 5.73 Å². The van der Waals surface area contributed by atoms with Crippen LogP contribution in [-0.4, -0.2) is 29.6 Å². The Bertz CT molecular complexity index is 439. The van der Waals surface area contributed by atoms with Crippen molar-refractivity contribution in [2.75, 3.05) is 13.1 Å². The molecule has 1 aliphatic carbocycles. The zero-order chi connectivity index (χ0) is 14.7. The standard InChI is InChI=1S/C19H30N2/c1-2-16-7-9-17(10-8-16)15-18(20)19(11-3-4-12-19)21-13-5-6-14-21/h7-10,18H,2-6,11-15,20H2,1H3. The van der Waals surface area contributed by atoms with E-state index in [4.69, 9.17) is 5.73 Å². The Morgan fingerprint density at radius 3 is 2.14 bits per heavy atom. The lowest BCUT2D eigenvalue weighted by atomic mass is 9.83. The second kappa shape index (κ2) is 6.50. The lowest BCUT2D eigenvalue weighted by molar-refractivity contribution is 0.0921. The zero-order valence-electron chi connectivity index (χ0n) is 13.5. The summed E-state index contributed by atoms with van der Waals surface area (Å²) >= 11 is 0. The first-order valence-corrected chi connectivity index (χ1v) is 8.83. The number of benzene rings is 1. The van der Waals surface area contributed by atoms with Crippen molar-refractivity contribution in [3.05, 3.63) is 35.4 Å². The van der Waals surface area contributed by atoms with Crippen LogP contribution in [0.2, 0.25) is 0 Å². The highest BCUT2D eigenvalue weighted by molar-refractivity contribution is 5.24. The quantitative estimate of drug-likeness (QED) is 0.897. The Morgan fingerprint density at radius 1 is 1.00 bits per heavy atom. The van der Waals surface area contributed by atoms with E-state index in [9.17, 15) is 0 Å². The van der Waals surface area contributed by atoms with Gasteiger partial charge in [-0.2, -0.15) is 0 Å². The maximum atomic E-state index is 6.75. The molecule has 1 atom stereocenters. The maximum absolute atomic E-state index is 6.75. The van der Waals surface area contributed by atoms with Crippen LogP contribution in [0.3, 0.4) is 0 Å². The van der Waals surface area contributed by atoms with Gasteiger partial charge in [0.2, 0.25) is 0 Å². The molecule has 2 fully saturated rings. The average Bonchev–Trinajstić information content (AvgIpc) is 3.19. The highest BCUT2D eigenvalue weighted by Crippen LogP contribution is 2.40. The molecule has 1 aromatic carbocycles. The van der Waals surface area contributed by atoms with Crippen LogP contribution in [0.15, 0.2) is 24.3 Å². The van der Waals surface area contributed by atoms with E-state index in [1.54, 1.807) is 0 Å². The Morgan fingerprint density at radius 2 is 1.57 bits per heavy atom. The number of nitrogens with two attached hydrogens (primary N) is 1. The largest absolute Gasteiger partial charge is 0.326 e. The van der Waals surface area contributed by atoms with E-state index in [-0.39, 0.29) is 6.04 Å². The average molecular weight is 286 g/mol. The molecule has 0 bridgehead atoms. The van der Waals surface area contributed by atoms with Crippen molar-refractivity contribution < 1.29 is 0 Å². The Balaban J connectivity index is 1.73. The summed E-state index contributed by atoms with van der Waals surface area (Å²) in [6, 6.07) is 9.38. The summed E-state index contributed by atoms with van der Waals surface area (Å²) in [5, 5.41) is 0. The zero-order valence-corrected chi connectivity index (χ0v) is 13.5. The summed E-state index contributed by atoms with van der Waals surface area (Å²) in [5.41, 5.74) is 9.87. The van der Waals surface area contributed by atoms with Gasteiger partial charge in [-0.15, -0.1) is 0 Å². The molecule has 2 aliphatic rings. The minimum absolute atomic E-state index is 0.283. The predicted octanol–water partition coefficient (Wildman–Crippen LogP) is 3.53. The molecule has 1 aromatic rings. The van der Waals surface area contributed by atoms with Gasteiger partial charge in [-0.25, -0.2) is 0 Å². The summed E-state index contributed by atoms with van der Waals surface area (Å²) < 4.78 is 0. The molecular formula is C19H30N2. The van der Waals surface area contributed by atoms with Crippen molar-refractivity contribution in [1.29, 1.82) is 0 Å². The fourth-order valence-corrected chi connectivity index (χ4v) is 4.43. The number of aryl methyl sites for hydroxylation is 1. The third-order valence-electron chi connectivity index (χ3n) is 5.78. The topological polar surface area (TPSA) is 29.3 Å². The van der Waals surface area contributed by atoms with Gasteiger partial charge in [0, 0.05) is 11.6 Å². The van der Waals surface area contributed by atoms with Crippen molar-refractivity contribution in [3.8, 4) is 0 Å². The number of nitrogens with zero attached hydrogens (tertiary/aromatic N) is 1. The van der Waals surface area contributed by atoms with E-state index in [1.165, 1.54) is 62.7 Å². The van der Waals surface area contributed by atoms with E-state index in [2.05, 4.69) is 36.1 Å². The lowest BCUT2D eigenvalue weighted by Gasteiger charge is -2.43. The van der Waals surface area contributed by atoms with Crippen LogP contribution in [0, 0.1) is 0 Å². The molecule has 1 saturated heterocycles. The van der Waals surface area contributed by atoms with Crippen molar-refractivity contribution in [2.24, 2.45) is 5.73 Å². The fraction of sp³-hybridized carbons (Fsp3) is 0.684. The number of hydrogen-bond donors (Lipinski definition) is 1. The van der Waals surface area contributed by atoms with Gasteiger partial charge in [0.1, 0.15) is 0 Å².